The SMILES string of the molecule is Cc1cc(C(=O)N2CC(C)OC(c3ccccc3)C2)cc(C)c1OCC(=O)O. The van der Waals surface area contributed by atoms with E-state index in [-0.39, 0.29) is 18.1 Å². The first-order valence-corrected chi connectivity index (χ1v) is 9.30. The van der Waals surface area contributed by atoms with E-state index in [0.717, 1.165) is 16.7 Å². The molecule has 1 amide bonds. The number of aliphatic carboxylic acids is 1. The lowest BCUT2D eigenvalue weighted by Gasteiger charge is -2.37. The highest BCUT2D eigenvalue weighted by Gasteiger charge is 2.30. The van der Waals surface area contributed by atoms with Gasteiger partial charge in [0.25, 0.3) is 5.91 Å². The number of ether oxygens (including phenoxy) is 2. The molecule has 2 aromatic carbocycles. The van der Waals surface area contributed by atoms with Crippen molar-refractivity contribution in [1.82, 2.24) is 4.90 Å². The Morgan fingerprint density at radius 2 is 1.79 bits per heavy atom. The van der Waals surface area contributed by atoms with Crippen LogP contribution in [0.15, 0.2) is 42.5 Å². The molecule has 0 spiro atoms. The molecule has 0 radical (unpaired) electrons. The molecule has 1 aliphatic rings. The summed E-state index contributed by atoms with van der Waals surface area (Å²) in [4.78, 5) is 25.7. The number of rotatable bonds is 5. The molecule has 6 nitrogen and oxygen atoms in total. The number of hydrogen-bond donors (Lipinski definition) is 1. The molecule has 28 heavy (non-hydrogen) atoms. The van der Waals surface area contributed by atoms with E-state index in [2.05, 4.69) is 0 Å². The molecule has 2 aromatic rings. The molecule has 2 unspecified atom stereocenters. The molecule has 1 saturated heterocycles. The molecule has 1 fully saturated rings. The van der Waals surface area contributed by atoms with Crippen LogP contribution in [-0.2, 0) is 9.53 Å². The Labute approximate surface area is 164 Å². The van der Waals surface area contributed by atoms with E-state index < -0.39 is 12.6 Å². The van der Waals surface area contributed by atoms with Gasteiger partial charge < -0.3 is 19.5 Å². The first-order valence-electron chi connectivity index (χ1n) is 9.30. The minimum Gasteiger partial charge on any atom is -0.481 e. The highest BCUT2D eigenvalue weighted by atomic mass is 16.5. The normalized spacial score (nSPS) is 19.3. The zero-order chi connectivity index (χ0) is 20.3. The first-order chi connectivity index (χ1) is 13.3. The average molecular weight is 383 g/mol. The van der Waals surface area contributed by atoms with Gasteiger partial charge in [0.15, 0.2) is 6.61 Å². The van der Waals surface area contributed by atoms with Crippen LogP contribution in [0.3, 0.4) is 0 Å². The molecular weight excluding hydrogens is 358 g/mol. The molecule has 0 bridgehead atoms. The molecule has 0 saturated carbocycles. The molecule has 2 atom stereocenters. The fourth-order valence-electron chi connectivity index (χ4n) is 3.59. The van der Waals surface area contributed by atoms with Crippen molar-refractivity contribution >= 4 is 11.9 Å². The summed E-state index contributed by atoms with van der Waals surface area (Å²) >= 11 is 0. The smallest absolute Gasteiger partial charge is 0.341 e. The van der Waals surface area contributed by atoms with Gasteiger partial charge in [-0.05, 0) is 49.6 Å². The van der Waals surface area contributed by atoms with Crippen LogP contribution in [0, 0.1) is 13.8 Å². The number of morpholine rings is 1. The Morgan fingerprint density at radius 3 is 2.39 bits per heavy atom. The average Bonchev–Trinajstić information content (AvgIpc) is 2.66. The van der Waals surface area contributed by atoms with E-state index in [4.69, 9.17) is 14.6 Å². The van der Waals surface area contributed by atoms with Crippen LogP contribution in [-0.4, -0.2) is 47.7 Å². The zero-order valence-corrected chi connectivity index (χ0v) is 16.3. The minimum absolute atomic E-state index is 0.0629. The largest absolute Gasteiger partial charge is 0.481 e. The number of amides is 1. The Morgan fingerprint density at radius 1 is 1.14 bits per heavy atom. The third-order valence-corrected chi connectivity index (χ3v) is 4.77. The summed E-state index contributed by atoms with van der Waals surface area (Å²) in [5.74, 6) is -0.586. The van der Waals surface area contributed by atoms with Crippen LogP contribution in [0.25, 0.3) is 0 Å². The van der Waals surface area contributed by atoms with Crippen molar-refractivity contribution in [2.75, 3.05) is 19.7 Å². The van der Waals surface area contributed by atoms with Gasteiger partial charge in [-0.3, -0.25) is 4.79 Å². The quantitative estimate of drug-likeness (QED) is 0.857. The summed E-state index contributed by atoms with van der Waals surface area (Å²) in [6.45, 7) is 6.20. The molecule has 1 heterocycles. The molecule has 1 aliphatic heterocycles. The van der Waals surface area contributed by atoms with Crippen molar-refractivity contribution in [3.8, 4) is 5.75 Å². The molecule has 0 aromatic heterocycles. The van der Waals surface area contributed by atoms with Crippen molar-refractivity contribution in [2.24, 2.45) is 0 Å². The summed E-state index contributed by atoms with van der Waals surface area (Å²) < 4.78 is 11.4. The lowest BCUT2D eigenvalue weighted by Crippen LogP contribution is -2.46. The third-order valence-electron chi connectivity index (χ3n) is 4.77. The van der Waals surface area contributed by atoms with E-state index in [9.17, 15) is 9.59 Å². The minimum atomic E-state index is -1.03. The standard InChI is InChI=1S/C22H25NO5/c1-14-9-18(10-15(2)21(14)27-13-20(24)25)22(26)23-11-16(3)28-19(12-23)17-7-5-4-6-8-17/h4-10,16,19H,11-13H2,1-3H3,(H,24,25). The van der Waals surface area contributed by atoms with Crippen LogP contribution >= 0.6 is 0 Å². The number of benzene rings is 2. The van der Waals surface area contributed by atoms with Gasteiger partial charge in [0.1, 0.15) is 11.9 Å². The predicted octanol–water partition coefficient (Wildman–Crippen LogP) is 3.37. The number of aryl methyl sites for hydroxylation is 2. The lowest BCUT2D eigenvalue weighted by molar-refractivity contribution is -0.139. The first kappa shape index (κ1) is 19.9. The molecule has 3 rings (SSSR count). The summed E-state index contributed by atoms with van der Waals surface area (Å²) in [6.07, 6.45) is -0.224. The van der Waals surface area contributed by atoms with E-state index in [0.29, 0.717) is 24.4 Å². The van der Waals surface area contributed by atoms with Gasteiger partial charge in [-0.25, -0.2) is 4.79 Å². The summed E-state index contributed by atoms with van der Waals surface area (Å²) in [6, 6.07) is 13.4. The lowest BCUT2D eigenvalue weighted by atomic mass is 10.0. The van der Waals surface area contributed by atoms with Gasteiger partial charge in [-0.15, -0.1) is 0 Å². The maximum atomic E-state index is 13.1. The summed E-state index contributed by atoms with van der Waals surface area (Å²) in [5.41, 5.74) is 3.10. The van der Waals surface area contributed by atoms with Gasteiger partial charge in [0, 0.05) is 12.1 Å². The van der Waals surface area contributed by atoms with E-state index in [1.165, 1.54) is 0 Å². The van der Waals surface area contributed by atoms with Gasteiger partial charge in [-0.2, -0.15) is 0 Å². The van der Waals surface area contributed by atoms with Crippen molar-refractivity contribution in [3.05, 3.63) is 64.7 Å². The Balaban J connectivity index is 1.80. The van der Waals surface area contributed by atoms with Crippen molar-refractivity contribution in [3.63, 3.8) is 0 Å². The topological polar surface area (TPSA) is 76.1 Å². The van der Waals surface area contributed by atoms with Crippen LogP contribution in [0.5, 0.6) is 5.75 Å². The fraction of sp³-hybridized carbons (Fsp3) is 0.364. The second kappa shape index (κ2) is 8.44. The Hall–Kier alpha value is -2.86. The molecule has 1 N–H and O–H groups in total. The number of hydrogen-bond acceptors (Lipinski definition) is 4. The molecule has 148 valence electrons. The Kier molecular flexibility index (Phi) is 5.99. The van der Waals surface area contributed by atoms with E-state index in [1.807, 2.05) is 56.0 Å². The van der Waals surface area contributed by atoms with Crippen LogP contribution < -0.4 is 4.74 Å². The second-order valence-electron chi connectivity index (χ2n) is 7.18. The van der Waals surface area contributed by atoms with Crippen LogP contribution in [0.2, 0.25) is 0 Å². The Bertz CT molecular complexity index is 841. The number of carbonyl (C=O) groups is 2. The van der Waals surface area contributed by atoms with Gasteiger partial charge in [0.2, 0.25) is 0 Å². The van der Waals surface area contributed by atoms with Gasteiger partial charge in [0.05, 0.1) is 12.6 Å². The maximum Gasteiger partial charge on any atom is 0.341 e. The van der Waals surface area contributed by atoms with Crippen molar-refractivity contribution in [2.45, 2.75) is 33.0 Å². The van der Waals surface area contributed by atoms with Gasteiger partial charge >= 0.3 is 5.97 Å². The highest BCUT2D eigenvalue weighted by Crippen LogP contribution is 2.29. The number of carboxylic acids is 1. The maximum absolute atomic E-state index is 13.1. The summed E-state index contributed by atoms with van der Waals surface area (Å²) in [7, 11) is 0. The van der Waals surface area contributed by atoms with E-state index >= 15 is 0 Å². The zero-order valence-electron chi connectivity index (χ0n) is 16.3. The number of nitrogens with zero attached hydrogens (tertiary/aromatic N) is 1. The number of carboxylic acid groups (broad SMARTS) is 1. The third kappa shape index (κ3) is 4.51. The van der Waals surface area contributed by atoms with Gasteiger partial charge in [-0.1, -0.05) is 30.3 Å². The molecule has 6 heteroatoms. The number of carbonyl (C=O) groups excluding carboxylic acids is 1. The van der Waals surface area contributed by atoms with Crippen LogP contribution in [0.1, 0.15) is 40.1 Å². The predicted molar refractivity (Wildman–Crippen MR) is 105 cm³/mol. The summed E-state index contributed by atoms with van der Waals surface area (Å²) in [5, 5.41) is 8.82. The molecule has 0 aliphatic carbocycles. The van der Waals surface area contributed by atoms with Crippen molar-refractivity contribution in [1.29, 1.82) is 0 Å². The second-order valence-corrected chi connectivity index (χ2v) is 7.18. The van der Waals surface area contributed by atoms with Crippen LogP contribution in [0.4, 0.5) is 0 Å². The molecular formula is C22H25NO5. The van der Waals surface area contributed by atoms with E-state index in [1.54, 1.807) is 12.1 Å². The monoisotopic (exact) mass is 383 g/mol. The van der Waals surface area contributed by atoms with Crippen molar-refractivity contribution < 1.29 is 24.2 Å². The fourth-order valence-corrected chi connectivity index (χ4v) is 3.59. The highest BCUT2D eigenvalue weighted by molar-refractivity contribution is 5.95.